The average Bonchev–Trinajstić information content (AvgIpc) is 2.93. The highest BCUT2D eigenvalue weighted by molar-refractivity contribution is 5.73. The number of aliphatic hydroxyl groups is 1. The maximum atomic E-state index is 12.8. The van der Waals surface area contributed by atoms with Crippen molar-refractivity contribution in [1.29, 1.82) is 0 Å². The number of rotatable bonds is 8. The molecule has 2 aromatic carbocycles. The first-order valence-electron chi connectivity index (χ1n) is 15.1. The van der Waals surface area contributed by atoms with Crippen LogP contribution < -0.4 is 4.74 Å². The number of piperidine rings is 1. The number of piperazine rings is 1. The smallest absolute Gasteiger partial charge is 0.406 e. The first-order chi connectivity index (χ1) is 19.8. The van der Waals surface area contributed by atoms with Gasteiger partial charge < -0.3 is 14.7 Å². The van der Waals surface area contributed by atoms with E-state index in [4.69, 9.17) is 0 Å². The van der Waals surface area contributed by atoms with Gasteiger partial charge in [0.15, 0.2) is 0 Å². The fraction of sp³-hybridized carbons (Fsp3) is 0.606. The number of benzene rings is 2. The molecule has 42 heavy (non-hydrogen) atoms. The van der Waals surface area contributed by atoms with Crippen LogP contribution in [0.15, 0.2) is 48.5 Å². The Morgan fingerprint density at radius 3 is 2.21 bits per heavy atom. The number of carbonyl (C=O) groups excluding carboxylic acids is 1. The molecule has 2 saturated heterocycles. The van der Waals surface area contributed by atoms with Crippen LogP contribution in [0.4, 0.5) is 13.2 Å². The van der Waals surface area contributed by atoms with Gasteiger partial charge in [0.2, 0.25) is 5.91 Å². The number of hydrogen-bond acceptors (Lipinski definition) is 5. The van der Waals surface area contributed by atoms with Crippen molar-refractivity contribution in [2.75, 3.05) is 32.7 Å². The highest BCUT2D eigenvalue weighted by atomic mass is 19.4. The van der Waals surface area contributed by atoms with Crippen molar-refractivity contribution < 1.29 is 27.8 Å². The lowest BCUT2D eigenvalue weighted by Gasteiger charge is -2.51. The van der Waals surface area contributed by atoms with E-state index >= 15 is 0 Å². The van der Waals surface area contributed by atoms with E-state index in [0.717, 1.165) is 43.5 Å². The van der Waals surface area contributed by atoms with Gasteiger partial charge in [0.25, 0.3) is 0 Å². The maximum absolute atomic E-state index is 12.8. The van der Waals surface area contributed by atoms with Gasteiger partial charge in [-0.05, 0) is 65.8 Å². The number of aryl methyl sites for hydroxylation is 1. The van der Waals surface area contributed by atoms with Crippen LogP contribution in [0.3, 0.4) is 0 Å². The molecular formula is C33H46F3N3O3. The van der Waals surface area contributed by atoms with Crippen molar-refractivity contribution >= 4 is 5.91 Å². The number of amides is 1. The molecule has 0 radical (unpaired) electrons. The Bertz CT molecular complexity index is 1170. The molecule has 6 nitrogen and oxygen atoms in total. The lowest BCUT2D eigenvalue weighted by Crippen LogP contribution is -2.61. The number of likely N-dealkylation sites (tertiary alicyclic amines) is 1. The van der Waals surface area contributed by atoms with Crippen LogP contribution in [0.25, 0.3) is 0 Å². The molecule has 0 saturated carbocycles. The number of halogens is 3. The molecule has 4 rings (SSSR count). The Labute approximate surface area is 248 Å². The van der Waals surface area contributed by atoms with Gasteiger partial charge >= 0.3 is 6.36 Å². The van der Waals surface area contributed by atoms with Crippen molar-refractivity contribution in [2.45, 2.75) is 85.0 Å². The quantitative estimate of drug-likeness (QED) is 0.395. The van der Waals surface area contributed by atoms with Crippen LogP contribution in [-0.4, -0.2) is 77.1 Å². The number of alkyl halides is 3. The summed E-state index contributed by atoms with van der Waals surface area (Å²) in [5, 5.41) is 11.5. The Morgan fingerprint density at radius 1 is 1.00 bits per heavy atom. The van der Waals surface area contributed by atoms with Crippen LogP contribution in [0, 0.1) is 11.3 Å². The summed E-state index contributed by atoms with van der Waals surface area (Å²) < 4.78 is 42.7. The van der Waals surface area contributed by atoms with Gasteiger partial charge in [-0.2, -0.15) is 0 Å². The number of nitrogens with zero attached hydrogens (tertiary/aromatic N) is 3. The molecule has 0 aliphatic carbocycles. The molecular weight excluding hydrogens is 543 g/mol. The van der Waals surface area contributed by atoms with Crippen LogP contribution in [-0.2, 0) is 11.2 Å². The summed E-state index contributed by atoms with van der Waals surface area (Å²) in [7, 11) is 0. The molecule has 2 aliphatic rings. The number of carbonyl (C=O) groups is 1. The molecule has 2 aliphatic heterocycles. The molecule has 2 unspecified atom stereocenters. The van der Waals surface area contributed by atoms with Gasteiger partial charge in [-0.1, -0.05) is 64.1 Å². The van der Waals surface area contributed by atoms with Crippen molar-refractivity contribution in [3.63, 3.8) is 0 Å². The number of ether oxygens (including phenoxy) is 1. The predicted molar refractivity (Wildman–Crippen MR) is 158 cm³/mol. The van der Waals surface area contributed by atoms with Crippen LogP contribution >= 0.6 is 0 Å². The lowest BCUT2D eigenvalue weighted by molar-refractivity contribution is -0.274. The zero-order valence-corrected chi connectivity index (χ0v) is 25.5. The lowest BCUT2D eigenvalue weighted by atomic mass is 9.82. The highest BCUT2D eigenvalue weighted by Crippen LogP contribution is 2.38. The Morgan fingerprint density at radius 2 is 1.64 bits per heavy atom. The van der Waals surface area contributed by atoms with E-state index in [1.54, 1.807) is 19.1 Å². The van der Waals surface area contributed by atoms with Crippen molar-refractivity contribution in [1.82, 2.24) is 14.7 Å². The fourth-order valence-corrected chi connectivity index (χ4v) is 6.66. The third-order valence-electron chi connectivity index (χ3n) is 8.96. The van der Waals surface area contributed by atoms with Crippen molar-refractivity contribution in [2.24, 2.45) is 11.3 Å². The second-order valence-corrected chi connectivity index (χ2v) is 12.9. The number of aliphatic hydroxyl groups excluding tert-OH is 1. The van der Waals surface area contributed by atoms with Gasteiger partial charge in [0, 0.05) is 45.7 Å². The van der Waals surface area contributed by atoms with Crippen LogP contribution in [0.1, 0.15) is 76.6 Å². The minimum Gasteiger partial charge on any atom is -0.406 e. The van der Waals surface area contributed by atoms with Gasteiger partial charge in [-0.15, -0.1) is 13.2 Å². The predicted octanol–water partition coefficient (Wildman–Crippen LogP) is 6.24. The maximum Gasteiger partial charge on any atom is 0.573 e. The molecule has 2 fully saturated rings. The normalized spacial score (nSPS) is 21.3. The summed E-state index contributed by atoms with van der Waals surface area (Å²) in [6, 6.07) is 14.4. The molecule has 0 aromatic heterocycles. The molecule has 9 heteroatoms. The van der Waals surface area contributed by atoms with Crippen LogP contribution in [0.2, 0.25) is 0 Å². The zero-order chi connectivity index (χ0) is 30.7. The third-order valence-corrected chi connectivity index (χ3v) is 8.96. The summed E-state index contributed by atoms with van der Waals surface area (Å²) in [5.74, 6) is 0.249. The fourth-order valence-electron chi connectivity index (χ4n) is 6.66. The largest absolute Gasteiger partial charge is 0.573 e. The molecule has 2 aromatic rings. The minimum absolute atomic E-state index is 0.0580. The average molecular weight is 590 g/mol. The van der Waals surface area contributed by atoms with E-state index in [0.29, 0.717) is 32.0 Å². The first-order valence-corrected chi connectivity index (χ1v) is 15.1. The van der Waals surface area contributed by atoms with Gasteiger partial charge in [-0.25, -0.2) is 0 Å². The Kier molecular flexibility index (Phi) is 10.3. The van der Waals surface area contributed by atoms with E-state index < -0.39 is 12.6 Å². The molecule has 3 atom stereocenters. The summed E-state index contributed by atoms with van der Waals surface area (Å²) >= 11 is 0. The molecule has 0 bridgehead atoms. The Hall–Kier alpha value is -2.62. The second-order valence-electron chi connectivity index (χ2n) is 12.9. The SMILES string of the molecule is CCc1ccccc1C(c1ccc(OC(F)(F)F)cc1)N1CCN(C(O)CC2CCN(C(C)=O)CC2)[C@@H](C(C)(C)C)C1. The standard InChI is InChI=1S/C33H46F3N3O3/c1-6-25-9-7-8-10-28(25)31(26-11-13-27(14-12-26)42-33(34,35)36)38-19-20-39(29(22-38)32(3,4)5)30(41)21-24-15-17-37(18-16-24)23(2)40/h7-14,24,29-31,41H,6,15-22H2,1-5H3/t29-,30?,31?/m1/s1. The molecule has 0 spiro atoms. The van der Waals surface area contributed by atoms with Gasteiger partial charge in [-0.3, -0.25) is 14.6 Å². The summed E-state index contributed by atoms with van der Waals surface area (Å²) in [4.78, 5) is 18.3. The molecule has 2 heterocycles. The van der Waals surface area contributed by atoms with E-state index in [9.17, 15) is 23.1 Å². The van der Waals surface area contributed by atoms with Gasteiger partial charge in [0.05, 0.1) is 6.04 Å². The highest BCUT2D eigenvalue weighted by Gasteiger charge is 2.41. The first kappa shape index (κ1) is 32.3. The van der Waals surface area contributed by atoms with E-state index in [1.165, 1.54) is 17.7 Å². The van der Waals surface area contributed by atoms with Gasteiger partial charge in [0.1, 0.15) is 12.0 Å². The molecule has 1 amide bonds. The van der Waals surface area contributed by atoms with Crippen molar-refractivity contribution in [3.05, 3.63) is 65.2 Å². The number of hydrogen-bond donors (Lipinski definition) is 1. The molecule has 232 valence electrons. The second kappa shape index (κ2) is 13.3. The monoisotopic (exact) mass is 589 g/mol. The van der Waals surface area contributed by atoms with Crippen molar-refractivity contribution in [3.8, 4) is 5.75 Å². The molecule has 1 N–H and O–H groups in total. The minimum atomic E-state index is -4.74. The third kappa shape index (κ3) is 8.05. The van der Waals surface area contributed by atoms with Crippen LogP contribution in [0.5, 0.6) is 5.75 Å². The van der Waals surface area contributed by atoms with E-state index in [-0.39, 0.29) is 29.2 Å². The summed E-state index contributed by atoms with van der Waals surface area (Å²) in [6.07, 6.45) is -1.99. The summed E-state index contributed by atoms with van der Waals surface area (Å²) in [5.41, 5.74) is 3.12. The topological polar surface area (TPSA) is 56.2 Å². The zero-order valence-electron chi connectivity index (χ0n) is 25.5. The summed E-state index contributed by atoms with van der Waals surface area (Å²) in [6.45, 7) is 13.9. The van der Waals surface area contributed by atoms with E-state index in [1.807, 2.05) is 17.0 Å². The van der Waals surface area contributed by atoms with E-state index in [2.05, 4.69) is 54.4 Å². The Balaban J connectivity index is 1.58.